The number of likely N-dealkylation sites (tertiary alicyclic amines) is 2. The molecule has 2 saturated heterocycles. The average molecular weight is 485 g/mol. The molecular formula is C32H37FN2O. The molecule has 0 spiro atoms. The predicted octanol–water partition coefficient (Wildman–Crippen LogP) is 6.74. The molecule has 4 heteroatoms. The lowest BCUT2D eigenvalue weighted by molar-refractivity contribution is 0.0780. The Morgan fingerprint density at radius 1 is 0.833 bits per heavy atom. The highest BCUT2D eigenvalue weighted by Gasteiger charge is 2.41. The maximum atomic E-state index is 13.8. The van der Waals surface area contributed by atoms with Crippen LogP contribution in [0.2, 0.25) is 0 Å². The second-order valence-corrected chi connectivity index (χ2v) is 11.3. The van der Waals surface area contributed by atoms with Crippen LogP contribution in [0.25, 0.3) is 10.8 Å². The van der Waals surface area contributed by atoms with Crippen LogP contribution in [-0.4, -0.2) is 48.4 Å². The predicted molar refractivity (Wildman–Crippen MR) is 144 cm³/mol. The van der Waals surface area contributed by atoms with Crippen molar-refractivity contribution < 1.29 is 9.18 Å². The van der Waals surface area contributed by atoms with E-state index in [1.54, 1.807) is 12.1 Å². The molecule has 3 aromatic carbocycles. The third-order valence-corrected chi connectivity index (χ3v) is 9.23. The van der Waals surface area contributed by atoms with Crippen molar-refractivity contribution in [3.8, 4) is 0 Å². The van der Waals surface area contributed by atoms with Crippen LogP contribution in [0.3, 0.4) is 0 Å². The molecule has 2 atom stereocenters. The molecule has 3 nitrogen and oxygen atoms in total. The van der Waals surface area contributed by atoms with Gasteiger partial charge in [0.15, 0.2) is 0 Å². The molecule has 0 N–H and O–H groups in total. The monoisotopic (exact) mass is 484 g/mol. The fourth-order valence-corrected chi connectivity index (χ4v) is 7.27. The molecule has 1 aliphatic carbocycles. The quantitative estimate of drug-likeness (QED) is 0.401. The minimum absolute atomic E-state index is 0.155. The summed E-state index contributed by atoms with van der Waals surface area (Å²) in [6, 6.07) is 21.5. The molecule has 3 fully saturated rings. The van der Waals surface area contributed by atoms with E-state index in [2.05, 4.69) is 28.0 Å². The van der Waals surface area contributed by atoms with Crippen molar-refractivity contribution in [2.75, 3.05) is 32.7 Å². The van der Waals surface area contributed by atoms with Gasteiger partial charge in [-0.3, -0.25) is 4.79 Å². The van der Waals surface area contributed by atoms with E-state index in [1.807, 2.05) is 36.4 Å². The fraction of sp³-hybridized carbons (Fsp3) is 0.469. The summed E-state index contributed by atoms with van der Waals surface area (Å²) in [7, 11) is 0. The molecule has 0 radical (unpaired) electrons. The number of piperidine rings is 1. The number of benzene rings is 3. The molecule has 188 valence electrons. The van der Waals surface area contributed by atoms with Crippen molar-refractivity contribution in [1.82, 2.24) is 9.80 Å². The van der Waals surface area contributed by atoms with Gasteiger partial charge in [-0.05, 0) is 84.1 Å². The van der Waals surface area contributed by atoms with E-state index in [4.69, 9.17) is 0 Å². The van der Waals surface area contributed by atoms with Crippen molar-refractivity contribution in [2.45, 2.75) is 44.4 Å². The number of fused-ring (bicyclic) bond motifs is 1. The summed E-state index contributed by atoms with van der Waals surface area (Å²) in [6.07, 6.45) is 7.59. The van der Waals surface area contributed by atoms with Crippen molar-refractivity contribution in [3.63, 3.8) is 0 Å². The highest BCUT2D eigenvalue weighted by atomic mass is 19.1. The van der Waals surface area contributed by atoms with E-state index in [0.29, 0.717) is 17.8 Å². The van der Waals surface area contributed by atoms with Gasteiger partial charge in [0.25, 0.3) is 5.91 Å². The van der Waals surface area contributed by atoms with E-state index < -0.39 is 0 Å². The smallest absolute Gasteiger partial charge is 0.254 e. The maximum Gasteiger partial charge on any atom is 0.254 e. The standard InChI is InChI=1S/C32H37FN2O/c33-28-14-12-23(13-15-28)24-16-18-34(19-17-24)20-27-21-35(22-31(27)26-7-1-2-8-26)32(36)30-11-5-9-25-6-3-4-10-29(25)30/h3-6,9-15,24,26-27,31H,1-2,7-8,16-22H2. The molecule has 3 aromatic rings. The first-order chi connectivity index (χ1) is 17.7. The number of nitrogens with zero attached hydrogens (tertiary/aromatic N) is 2. The zero-order valence-electron chi connectivity index (χ0n) is 21.1. The third kappa shape index (κ3) is 4.80. The molecule has 3 aliphatic rings. The number of rotatable bonds is 5. The van der Waals surface area contributed by atoms with Crippen LogP contribution < -0.4 is 0 Å². The van der Waals surface area contributed by atoms with Gasteiger partial charge in [0, 0.05) is 25.2 Å². The molecule has 36 heavy (non-hydrogen) atoms. The summed E-state index contributed by atoms with van der Waals surface area (Å²) in [5, 5.41) is 2.20. The number of hydrogen-bond donors (Lipinski definition) is 0. The Kier molecular flexibility index (Phi) is 6.79. The molecule has 2 heterocycles. The Bertz CT molecular complexity index is 1190. The van der Waals surface area contributed by atoms with Crippen LogP contribution >= 0.6 is 0 Å². The molecular weight excluding hydrogens is 447 g/mol. The Labute approximate surface area is 214 Å². The molecule has 0 bridgehead atoms. The number of carbonyl (C=O) groups is 1. The zero-order chi connectivity index (χ0) is 24.5. The van der Waals surface area contributed by atoms with Crippen molar-refractivity contribution >= 4 is 16.7 Å². The van der Waals surface area contributed by atoms with Crippen LogP contribution in [0.4, 0.5) is 4.39 Å². The largest absolute Gasteiger partial charge is 0.338 e. The summed E-state index contributed by atoms with van der Waals surface area (Å²) >= 11 is 0. The van der Waals surface area contributed by atoms with E-state index >= 15 is 0 Å². The average Bonchev–Trinajstić information content (AvgIpc) is 3.59. The molecule has 0 aromatic heterocycles. The Balaban J connectivity index is 1.15. The highest BCUT2D eigenvalue weighted by Crippen LogP contribution is 2.41. The Morgan fingerprint density at radius 3 is 2.33 bits per heavy atom. The van der Waals surface area contributed by atoms with Gasteiger partial charge in [-0.15, -0.1) is 0 Å². The van der Waals surface area contributed by atoms with Crippen LogP contribution in [0.1, 0.15) is 60.4 Å². The van der Waals surface area contributed by atoms with Crippen molar-refractivity contribution in [2.24, 2.45) is 17.8 Å². The Hall–Kier alpha value is -2.72. The van der Waals surface area contributed by atoms with E-state index in [1.165, 1.54) is 31.2 Å². The second-order valence-electron chi connectivity index (χ2n) is 11.3. The lowest BCUT2D eigenvalue weighted by Crippen LogP contribution is -2.39. The lowest BCUT2D eigenvalue weighted by Gasteiger charge is -2.35. The van der Waals surface area contributed by atoms with Gasteiger partial charge in [-0.25, -0.2) is 4.39 Å². The summed E-state index contributed by atoms with van der Waals surface area (Å²) in [4.78, 5) is 18.6. The first kappa shape index (κ1) is 23.7. The zero-order valence-corrected chi connectivity index (χ0v) is 21.1. The first-order valence-corrected chi connectivity index (χ1v) is 13.9. The minimum Gasteiger partial charge on any atom is -0.338 e. The normalized spacial score (nSPS) is 24.1. The van der Waals surface area contributed by atoms with Crippen LogP contribution in [0, 0.1) is 23.6 Å². The van der Waals surface area contributed by atoms with E-state index in [9.17, 15) is 9.18 Å². The van der Waals surface area contributed by atoms with Crippen molar-refractivity contribution in [1.29, 1.82) is 0 Å². The summed E-state index contributed by atoms with van der Waals surface area (Å²) < 4.78 is 13.3. The van der Waals surface area contributed by atoms with Gasteiger partial charge < -0.3 is 9.80 Å². The van der Waals surface area contributed by atoms with Crippen molar-refractivity contribution in [3.05, 3.63) is 83.7 Å². The molecule has 1 amide bonds. The molecule has 6 rings (SSSR count). The minimum atomic E-state index is -0.155. The van der Waals surface area contributed by atoms with Gasteiger partial charge in [-0.2, -0.15) is 0 Å². The van der Waals surface area contributed by atoms with E-state index in [-0.39, 0.29) is 11.7 Å². The van der Waals surface area contributed by atoms with Crippen LogP contribution in [0.5, 0.6) is 0 Å². The van der Waals surface area contributed by atoms with Crippen LogP contribution in [0.15, 0.2) is 66.7 Å². The summed E-state index contributed by atoms with van der Waals surface area (Å²) in [5.74, 6) is 2.50. The third-order valence-electron chi connectivity index (χ3n) is 9.23. The van der Waals surface area contributed by atoms with Gasteiger partial charge in [0.2, 0.25) is 0 Å². The van der Waals surface area contributed by atoms with Crippen LogP contribution in [-0.2, 0) is 0 Å². The highest BCUT2D eigenvalue weighted by molar-refractivity contribution is 6.07. The van der Waals surface area contributed by atoms with E-state index in [0.717, 1.165) is 67.8 Å². The number of halogens is 1. The summed E-state index contributed by atoms with van der Waals surface area (Å²) in [6.45, 7) is 5.06. The second kappa shape index (κ2) is 10.3. The number of carbonyl (C=O) groups excluding carboxylic acids is 1. The van der Waals surface area contributed by atoms with Gasteiger partial charge in [0.1, 0.15) is 5.82 Å². The van der Waals surface area contributed by atoms with Gasteiger partial charge >= 0.3 is 0 Å². The fourth-order valence-electron chi connectivity index (χ4n) is 7.27. The first-order valence-electron chi connectivity index (χ1n) is 13.9. The SMILES string of the molecule is O=C(c1cccc2ccccc12)N1CC(CN2CCC(c3ccc(F)cc3)CC2)C(C2CCCC2)C1. The topological polar surface area (TPSA) is 23.6 Å². The molecule has 2 unspecified atom stereocenters. The summed E-state index contributed by atoms with van der Waals surface area (Å²) in [5.41, 5.74) is 2.12. The van der Waals surface area contributed by atoms with Gasteiger partial charge in [0.05, 0.1) is 0 Å². The van der Waals surface area contributed by atoms with Gasteiger partial charge in [-0.1, -0.05) is 74.2 Å². The maximum absolute atomic E-state index is 13.8. The number of hydrogen-bond acceptors (Lipinski definition) is 2. The molecule has 1 saturated carbocycles. The number of amides is 1. The Morgan fingerprint density at radius 2 is 1.56 bits per heavy atom. The molecule has 2 aliphatic heterocycles. The lowest BCUT2D eigenvalue weighted by atomic mass is 9.82.